The van der Waals surface area contributed by atoms with Crippen LogP contribution in [-0.4, -0.2) is 26.1 Å². The van der Waals surface area contributed by atoms with E-state index in [1.807, 2.05) is 6.92 Å². The molecule has 1 saturated heterocycles. The Morgan fingerprint density at radius 3 is 2.25 bits per heavy atom. The van der Waals surface area contributed by atoms with Crippen LogP contribution >= 0.6 is 0 Å². The highest BCUT2D eigenvalue weighted by molar-refractivity contribution is 5.74. The van der Waals surface area contributed by atoms with Gasteiger partial charge in [-0.1, -0.05) is 0 Å². The van der Waals surface area contributed by atoms with Crippen molar-refractivity contribution in [1.82, 2.24) is 0 Å². The number of rotatable bonds is 3. The molecule has 0 atom stereocenters. The Bertz CT molecular complexity index is 281. The molecule has 3 nitrogen and oxygen atoms in total. The fraction of sp³-hybridized carbons (Fsp3) is 0.462. The molecule has 0 aliphatic carbocycles. The Morgan fingerprint density at radius 1 is 1.25 bits per heavy atom. The van der Waals surface area contributed by atoms with Gasteiger partial charge in [-0.05, 0) is 44.0 Å². The Hall–Kier alpha value is -1.35. The van der Waals surface area contributed by atoms with Crippen LogP contribution in [-0.2, 0) is 4.74 Å². The predicted molar refractivity (Wildman–Crippen MR) is 63.1 cm³/mol. The van der Waals surface area contributed by atoms with Gasteiger partial charge in [-0.25, -0.2) is 0 Å². The maximum atomic E-state index is 10.2. The highest BCUT2D eigenvalue weighted by Gasteiger charge is 1.94. The summed E-state index contributed by atoms with van der Waals surface area (Å²) in [7, 11) is 0. The number of aldehydes is 1. The van der Waals surface area contributed by atoms with E-state index >= 15 is 0 Å². The second-order valence-corrected chi connectivity index (χ2v) is 3.44. The Balaban J connectivity index is 0.000000212. The molecule has 1 aromatic rings. The summed E-state index contributed by atoms with van der Waals surface area (Å²) in [6.45, 7) is 4.58. The van der Waals surface area contributed by atoms with Crippen LogP contribution in [0.1, 0.15) is 30.1 Å². The van der Waals surface area contributed by atoms with Crippen molar-refractivity contribution in [2.24, 2.45) is 0 Å². The van der Waals surface area contributed by atoms with E-state index in [0.717, 1.165) is 25.2 Å². The summed E-state index contributed by atoms with van der Waals surface area (Å²) in [6.07, 6.45) is 3.37. The lowest BCUT2D eigenvalue weighted by molar-refractivity contribution is 0.112. The molecule has 1 heterocycles. The third-order valence-electron chi connectivity index (χ3n) is 2.15. The molecular formula is C13H18O3. The van der Waals surface area contributed by atoms with Gasteiger partial charge in [-0.3, -0.25) is 4.79 Å². The van der Waals surface area contributed by atoms with E-state index in [2.05, 4.69) is 0 Å². The van der Waals surface area contributed by atoms with Crippen LogP contribution in [0.15, 0.2) is 24.3 Å². The molecule has 1 aliphatic rings. The number of hydrogen-bond donors (Lipinski definition) is 0. The van der Waals surface area contributed by atoms with Crippen molar-refractivity contribution < 1.29 is 14.3 Å². The molecule has 1 fully saturated rings. The van der Waals surface area contributed by atoms with E-state index < -0.39 is 0 Å². The van der Waals surface area contributed by atoms with Gasteiger partial charge >= 0.3 is 0 Å². The van der Waals surface area contributed by atoms with Gasteiger partial charge in [0.05, 0.1) is 6.61 Å². The molecule has 1 aliphatic heterocycles. The molecule has 3 heteroatoms. The van der Waals surface area contributed by atoms with Crippen LogP contribution < -0.4 is 4.74 Å². The summed E-state index contributed by atoms with van der Waals surface area (Å²) in [4.78, 5) is 10.2. The zero-order valence-electron chi connectivity index (χ0n) is 9.65. The van der Waals surface area contributed by atoms with E-state index in [1.165, 1.54) is 12.8 Å². The first-order valence-corrected chi connectivity index (χ1v) is 5.62. The van der Waals surface area contributed by atoms with Gasteiger partial charge < -0.3 is 9.47 Å². The normalized spacial score (nSPS) is 13.8. The third kappa shape index (κ3) is 4.94. The van der Waals surface area contributed by atoms with Crippen molar-refractivity contribution >= 4 is 6.29 Å². The van der Waals surface area contributed by atoms with Crippen molar-refractivity contribution in [3.05, 3.63) is 29.8 Å². The minimum atomic E-state index is 0.653. The molecule has 0 radical (unpaired) electrons. The molecule has 1 aromatic carbocycles. The summed E-state index contributed by atoms with van der Waals surface area (Å²) in [5.74, 6) is 0.804. The Kier molecular flexibility index (Phi) is 6.26. The van der Waals surface area contributed by atoms with E-state index in [0.29, 0.717) is 12.2 Å². The summed E-state index contributed by atoms with van der Waals surface area (Å²) < 4.78 is 10.1. The monoisotopic (exact) mass is 222 g/mol. The largest absolute Gasteiger partial charge is 0.494 e. The number of benzene rings is 1. The third-order valence-corrected chi connectivity index (χ3v) is 2.15. The van der Waals surface area contributed by atoms with Gasteiger partial charge in [-0.15, -0.1) is 0 Å². The molecule has 0 spiro atoms. The maximum Gasteiger partial charge on any atom is 0.150 e. The molecule has 0 unspecified atom stereocenters. The number of ether oxygens (including phenoxy) is 2. The summed E-state index contributed by atoms with van der Waals surface area (Å²) in [6, 6.07) is 7.04. The zero-order valence-corrected chi connectivity index (χ0v) is 9.65. The summed E-state index contributed by atoms with van der Waals surface area (Å²) >= 11 is 0. The lowest BCUT2D eigenvalue weighted by Crippen LogP contribution is -1.90. The van der Waals surface area contributed by atoms with Gasteiger partial charge in [0.25, 0.3) is 0 Å². The summed E-state index contributed by atoms with van der Waals surface area (Å²) in [5.41, 5.74) is 0.674. The average molecular weight is 222 g/mol. The lowest BCUT2D eigenvalue weighted by atomic mass is 10.2. The SMILES string of the molecule is C1CCOC1.CCOc1ccc(C=O)cc1. The van der Waals surface area contributed by atoms with Crippen molar-refractivity contribution in [2.45, 2.75) is 19.8 Å². The quantitative estimate of drug-likeness (QED) is 0.738. The molecule has 0 amide bonds. The summed E-state index contributed by atoms with van der Waals surface area (Å²) in [5, 5.41) is 0. The highest BCUT2D eigenvalue weighted by Crippen LogP contribution is 2.10. The molecule has 88 valence electrons. The molecular weight excluding hydrogens is 204 g/mol. The van der Waals surface area contributed by atoms with Gasteiger partial charge in [0.1, 0.15) is 12.0 Å². The molecule has 0 N–H and O–H groups in total. The Labute approximate surface area is 96.4 Å². The van der Waals surface area contributed by atoms with Crippen LogP contribution in [0, 0.1) is 0 Å². The van der Waals surface area contributed by atoms with Crippen LogP contribution in [0.25, 0.3) is 0 Å². The molecule has 0 saturated carbocycles. The molecule has 2 rings (SSSR count). The topological polar surface area (TPSA) is 35.5 Å². The first-order chi connectivity index (χ1) is 7.86. The molecule has 0 bridgehead atoms. The van der Waals surface area contributed by atoms with Crippen LogP contribution in [0.2, 0.25) is 0 Å². The first-order valence-electron chi connectivity index (χ1n) is 5.62. The first kappa shape index (κ1) is 12.7. The van der Waals surface area contributed by atoms with E-state index in [1.54, 1.807) is 24.3 Å². The van der Waals surface area contributed by atoms with Gasteiger partial charge in [-0.2, -0.15) is 0 Å². The predicted octanol–water partition coefficient (Wildman–Crippen LogP) is 2.69. The van der Waals surface area contributed by atoms with E-state index in [-0.39, 0.29) is 0 Å². The standard InChI is InChI=1S/C9H10O2.C4H8O/c1-2-11-9-5-3-8(7-10)4-6-9;1-2-4-5-3-1/h3-7H,2H2,1H3;1-4H2. The van der Waals surface area contributed by atoms with E-state index in [4.69, 9.17) is 9.47 Å². The molecule has 0 aromatic heterocycles. The van der Waals surface area contributed by atoms with Crippen LogP contribution in [0.3, 0.4) is 0 Å². The minimum absolute atomic E-state index is 0.653. The van der Waals surface area contributed by atoms with E-state index in [9.17, 15) is 4.79 Å². The lowest BCUT2D eigenvalue weighted by Gasteiger charge is -2.00. The average Bonchev–Trinajstić information content (AvgIpc) is 2.89. The smallest absolute Gasteiger partial charge is 0.150 e. The minimum Gasteiger partial charge on any atom is -0.494 e. The number of carbonyl (C=O) groups is 1. The second-order valence-electron chi connectivity index (χ2n) is 3.44. The maximum absolute atomic E-state index is 10.2. The Morgan fingerprint density at radius 2 is 1.88 bits per heavy atom. The van der Waals surface area contributed by atoms with Crippen molar-refractivity contribution in [2.75, 3.05) is 19.8 Å². The van der Waals surface area contributed by atoms with Crippen molar-refractivity contribution in [3.8, 4) is 5.75 Å². The number of hydrogen-bond acceptors (Lipinski definition) is 3. The van der Waals surface area contributed by atoms with Crippen molar-refractivity contribution in [3.63, 3.8) is 0 Å². The van der Waals surface area contributed by atoms with Gasteiger partial charge in [0.2, 0.25) is 0 Å². The van der Waals surface area contributed by atoms with Crippen LogP contribution in [0.5, 0.6) is 5.75 Å². The number of carbonyl (C=O) groups excluding carboxylic acids is 1. The zero-order chi connectivity index (χ0) is 11.6. The van der Waals surface area contributed by atoms with Crippen molar-refractivity contribution in [1.29, 1.82) is 0 Å². The highest BCUT2D eigenvalue weighted by atomic mass is 16.5. The van der Waals surface area contributed by atoms with Gasteiger partial charge in [0, 0.05) is 18.8 Å². The fourth-order valence-electron chi connectivity index (χ4n) is 1.32. The second kappa shape index (κ2) is 7.88. The molecule has 16 heavy (non-hydrogen) atoms. The van der Waals surface area contributed by atoms with Gasteiger partial charge in [0.15, 0.2) is 0 Å². The fourth-order valence-corrected chi connectivity index (χ4v) is 1.32. The van der Waals surface area contributed by atoms with Crippen LogP contribution in [0.4, 0.5) is 0 Å².